The van der Waals surface area contributed by atoms with Crippen molar-refractivity contribution in [1.29, 1.82) is 0 Å². The Morgan fingerprint density at radius 1 is 1.20 bits per heavy atom. The fourth-order valence-corrected chi connectivity index (χ4v) is 3.29. The zero-order valence-electron chi connectivity index (χ0n) is 15.5. The van der Waals surface area contributed by atoms with Gasteiger partial charge in [0.05, 0.1) is 12.9 Å². The number of hydrogen-bond donors (Lipinski definition) is 4. The fourth-order valence-electron chi connectivity index (χ4n) is 3.29. The van der Waals surface area contributed by atoms with Crippen LogP contribution in [-0.2, 0) is 11.3 Å². The number of benzene rings is 1. The summed E-state index contributed by atoms with van der Waals surface area (Å²) in [5, 5.41) is 32.5. The number of aliphatic hydroxyl groups is 3. The van der Waals surface area contributed by atoms with E-state index in [1.807, 2.05) is 0 Å². The first-order valence-corrected chi connectivity index (χ1v) is 9.05. The molecule has 4 rings (SSSR count). The number of imidazole rings is 1. The lowest BCUT2D eigenvalue weighted by atomic mass is 10.1. The van der Waals surface area contributed by atoms with Gasteiger partial charge in [0, 0.05) is 6.54 Å². The van der Waals surface area contributed by atoms with Crippen LogP contribution in [0.5, 0.6) is 5.75 Å². The van der Waals surface area contributed by atoms with E-state index in [9.17, 15) is 24.1 Å². The molecule has 4 atom stereocenters. The van der Waals surface area contributed by atoms with E-state index in [1.165, 1.54) is 29.4 Å². The topological polar surface area (TPSA) is 135 Å². The molecule has 0 radical (unpaired) electrons. The molecule has 10 nitrogen and oxygen atoms in total. The van der Waals surface area contributed by atoms with Gasteiger partial charge in [-0.05, 0) is 17.7 Å². The van der Waals surface area contributed by atoms with Crippen molar-refractivity contribution in [3.63, 3.8) is 0 Å². The lowest BCUT2D eigenvalue weighted by Gasteiger charge is -2.16. The minimum atomic E-state index is -2.91. The predicted octanol–water partition coefficient (Wildman–Crippen LogP) is 0.651. The molecule has 30 heavy (non-hydrogen) atoms. The standard InChI is InChI=1S/C18H19F2N5O5/c19-18(20)29-10-3-1-2-9(4-10)5-21-15-12-16(23-7-22-15)25(8-24-12)17-14(28)13(27)11(6-26)30-17/h1-4,7-8,11,13-14,17-18,26-28H,5-6H2,(H,21,22,23)/t11-,13-,14-,17-/m1/s1. The molecule has 0 amide bonds. The molecule has 160 valence electrons. The Balaban J connectivity index is 1.54. The minimum absolute atomic E-state index is 0.0470. The Labute approximate surface area is 168 Å². The van der Waals surface area contributed by atoms with Gasteiger partial charge in [0.1, 0.15) is 30.4 Å². The Bertz CT molecular complexity index is 1020. The molecule has 0 unspecified atom stereocenters. The van der Waals surface area contributed by atoms with Gasteiger partial charge in [-0.2, -0.15) is 8.78 Å². The highest BCUT2D eigenvalue weighted by molar-refractivity contribution is 5.82. The molecule has 3 aromatic rings. The van der Waals surface area contributed by atoms with Crippen molar-refractivity contribution in [2.24, 2.45) is 0 Å². The summed E-state index contributed by atoms with van der Waals surface area (Å²) in [7, 11) is 0. The van der Waals surface area contributed by atoms with Gasteiger partial charge in [-0.15, -0.1) is 0 Å². The largest absolute Gasteiger partial charge is 0.435 e. The number of fused-ring (bicyclic) bond motifs is 1. The van der Waals surface area contributed by atoms with Crippen LogP contribution in [0.25, 0.3) is 11.2 Å². The normalized spacial score (nSPS) is 23.9. The highest BCUT2D eigenvalue weighted by Crippen LogP contribution is 2.32. The minimum Gasteiger partial charge on any atom is -0.435 e. The molecule has 4 N–H and O–H groups in total. The quantitative estimate of drug-likeness (QED) is 0.432. The highest BCUT2D eigenvalue weighted by atomic mass is 19.3. The Kier molecular flexibility index (Phi) is 5.72. The van der Waals surface area contributed by atoms with Crippen LogP contribution in [0.15, 0.2) is 36.9 Å². The highest BCUT2D eigenvalue weighted by Gasteiger charge is 2.44. The van der Waals surface area contributed by atoms with E-state index in [1.54, 1.807) is 12.1 Å². The monoisotopic (exact) mass is 423 g/mol. The number of hydrogen-bond acceptors (Lipinski definition) is 9. The van der Waals surface area contributed by atoms with Crippen molar-refractivity contribution in [2.45, 2.75) is 37.7 Å². The molecule has 1 aliphatic rings. The maximum absolute atomic E-state index is 12.4. The van der Waals surface area contributed by atoms with Gasteiger partial charge in [-0.1, -0.05) is 12.1 Å². The number of halogens is 2. The molecule has 1 saturated heterocycles. The van der Waals surface area contributed by atoms with Crippen molar-refractivity contribution in [3.8, 4) is 5.75 Å². The van der Waals surface area contributed by atoms with E-state index in [0.717, 1.165) is 0 Å². The van der Waals surface area contributed by atoms with Gasteiger partial charge < -0.3 is 30.1 Å². The van der Waals surface area contributed by atoms with Crippen LogP contribution in [0.4, 0.5) is 14.6 Å². The third-order valence-electron chi connectivity index (χ3n) is 4.73. The summed E-state index contributed by atoms with van der Waals surface area (Å²) in [5.41, 5.74) is 1.41. The van der Waals surface area contributed by atoms with E-state index >= 15 is 0 Å². The first-order valence-electron chi connectivity index (χ1n) is 9.05. The number of anilines is 1. The Morgan fingerprint density at radius 3 is 2.77 bits per heavy atom. The summed E-state index contributed by atoms with van der Waals surface area (Å²) >= 11 is 0. The zero-order valence-corrected chi connectivity index (χ0v) is 15.5. The molecule has 2 aromatic heterocycles. The maximum Gasteiger partial charge on any atom is 0.387 e. The van der Waals surface area contributed by atoms with Gasteiger partial charge in [0.25, 0.3) is 0 Å². The summed E-state index contributed by atoms with van der Waals surface area (Å²) in [4.78, 5) is 12.6. The van der Waals surface area contributed by atoms with E-state index in [0.29, 0.717) is 22.5 Å². The molecular weight excluding hydrogens is 404 g/mol. The first-order chi connectivity index (χ1) is 14.5. The Morgan fingerprint density at radius 2 is 2.03 bits per heavy atom. The van der Waals surface area contributed by atoms with Gasteiger partial charge in [-0.3, -0.25) is 4.57 Å². The average Bonchev–Trinajstić information content (AvgIpc) is 3.28. The second-order valence-corrected chi connectivity index (χ2v) is 6.65. The molecule has 0 bridgehead atoms. The lowest BCUT2D eigenvalue weighted by molar-refractivity contribution is -0.0511. The van der Waals surface area contributed by atoms with E-state index < -0.39 is 37.8 Å². The van der Waals surface area contributed by atoms with Crippen molar-refractivity contribution in [1.82, 2.24) is 19.5 Å². The van der Waals surface area contributed by atoms with Crippen molar-refractivity contribution in [3.05, 3.63) is 42.5 Å². The van der Waals surface area contributed by atoms with Crippen molar-refractivity contribution >= 4 is 17.0 Å². The van der Waals surface area contributed by atoms with E-state index in [4.69, 9.17) is 4.74 Å². The number of rotatable bonds is 7. The average molecular weight is 423 g/mol. The number of aliphatic hydroxyl groups excluding tert-OH is 3. The number of aromatic nitrogens is 4. The van der Waals surface area contributed by atoms with Gasteiger partial charge >= 0.3 is 6.61 Å². The second kappa shape index (κ2) is 8.44. The molecule has 0 saturated carbocycles. The van der Waals surface area contributed by atoms with Crippen LogP contribution in [0.3, 0.4) is 0 Å². The van der Waals surface area contributed by atoms with E-state index in [2.05, 4.69) is 25.0 Å². The molecule has 1 aliphatic heterocycles. The SMILES string of the molecule is OC[C@H]1O[C@@H](n2cnc3c(NCc4cccc(OC(F)F)c4)ncnc32)[C@H](O)[C@@H]1O. The summed E-state index contributed by atoms with van der Waals surface area (Å²) in [6.45, 7) is -3.10. The van der Waals surface area contributed by atoms with Crippen molar-refractivity contribution in [2.75, 3.05) is 11.9 Å². The van der Waals surface area contributed by atoms with Crippen LogP contribution < -0.4 is 10.1 Å². The van der Waals surface area contributed by atoms with Crippen LogP contribution in [-0.4, -0.2) is 66.4 Å². The van der Waals surface area contributed by atoms with Crippen LogP contribution in [0, 0.1) is 0 Å². The number of nitrogens with zero attached hydrogens (tertiary/aromatic N) is 4. The summed E-state index contributed by atoms with van der Waals surface area (Å²) in [6, 6.07) is 6.25. The van der Waals surface area contributed by atoms with E-state index in [-0.39, 0.29) is 12.3 Å². The van der Waals surface area contributed by atoms with Crippen LogP contribution in [0.2, 0.25) is 0 Å². The fraction of sp³-hybridized carbons (Fsp3) is 0.389. The second-order valence-electron chi connectivity index (χ2n) is 6.65. The summed E-state index contributed by atoms with van der Waals surface area (Å²) < 4.78 is 36.1. The smallest absolute Gasteiger partial charge is 0.387 e. The lowest BCUT2D eigenvalue weighted by Crippen LogP contribution is -2.33. The first kappa shape index (κ1) is 20.3. The van der Waals surface area contributed by atoms with Gasteiger partial charge in [0.2, 0.25) is 0 Å². The summed E-state index contributed by atoms with van der Waals surface area (Å²) in [6.07, 6.45) is -1.75. The molecule has 12 heteroatoms. The molecular formula is C18H19F2N5O5. The zero-order chi connectivity index (χ0) is 21.3. The molecule has 0 spiro atoms. The predicted molar refractivity (Wildman–Crippen MR) is 98.7 cm³/mol. The molecule has 3 heterocycles. The molecule has 0 aliphatic carbocycles. The third-order valence-corrected chi connectivity index (χ3v) is 4.73. The van der Waals surface area contributed by atoms with Gasteiger partial charge in [0.15, 0.2) is 23.2 Å². The third kappa shape index (κ3) is 3.89. The number of nitrogens with one attached hydrogen (secondary N) is 1. The summed E-state index contributed by atoms with van der Waals surface area (Å²) in [5.74, 6) is 0.427. The van der Waals surface area contributed by atoms with Crippen LogP contribution in [0.1, 0.15) is 11.8 Å². The van der Waals surface area contributed by atoms with Gasteiger partial charge in [-0.25, -0.2) is 15.0 Å². The number of ether oxygens (including phenoxy) is 2. The van der Waals surface area contributed by atoms with Crippen LogP contribution >= 0.6 is 0 Å². The maximum atomic E-state index is 12.4. The Hall–Kier alpha value is -2.93. The molecule has 1 aromatic carbocycles. The number of alkyl halides is 2. The van der Waals surface area contributed by atoms with Crippen molar-refractivity contribution < 1.29 is 33.6 Å². The molecule has 1 fully saturated rings.